The summed E-state index contributed by atoms with van der Waals surface area (Å²) in [6.45, 7) is 5.12. The van der Waals surface area contributed by atoms with E-state index in [1.54, 1.807) is 20.8 Å². The van der Waals surface area contributed by atoms with E-state index in [-0.39, 0.29) is 53.5 Å². The van der Waals surface area contributed by atoms with E-state index in [1.165, 1.54) is 16.9 Å². The molecule has 0 atom stereocenters. The van der Waals surface area contributed by atoms with Gasteiger partial charge >= 0.3 is 17.9 Å². The molecule has 0 N–H and O–H groups in total. The average molecular weight is 422 g/mol. The smallest absolute Gasteiger partial charge is 0.340 e. The molecule has 0 spiro atoms. The van der Waals surface area contributed by atoms with Crippen molar-refractivity contribution in [2.24, 2.45) is 5.92 Å². The zero-order valence-corrected chi connectivity index (χ0v) is 17.0. The lowest BCUT2D eigenvalue weighted by molar-refractivity contribution is -0.161. The van der Waals surface area contributed by atoms with Crippen LogP contribution in [0.5, 0.6) is 0 Å². The van der Waals surface area contributed by atoms with E-state index >= 15 is 0 Å². The van der Waals surface area contributed by atoms with Crippen LogP contribution in [0.1, 0.15) is 42.3 Å². The molecule has 0 bridgehead atoms. The molecular formula is C19H20ClN3O6. The molecule has 2 aromatic rings. The van der Waals surface area contributed by atoms with E-state index in [0.29, 0.717) is 0 Å². The van der Waals surface area contributed by atoms with Gasteiger partial charge in [0.2, 0.25) is 0 Å². The summed E-state index contributed by atoms with van der Waals surface area (Å²) in [5.74, 6) is -3.58. The molecule has 0 saturated carbocycles. The van der Waals surface area contributed by atoms with Crippen molar-refractivity contribution in [3.63, 3.8) is 0 Å². The molecule has 0 aromatic carbocycles. The normalized spacial score (nSPS) is 10.6. The lowest BCUT2D eigenvalue weighted by Gasteiger charge is -2.15. The molecule has 0 fully saturated rings. The Hall–Kier alpha value is -3.12. The maximum Gasteiger partial charge on any atom is 0.340 e. The highest BCUT2D eigenvalue weighted by Gasteiger charge is 2.34. The van der Waals surface area contributed by atoms with Crippen LogP contribution in [0, 0.1) is 17.2 Å². The number of rotatable bonds is 8. The number of ether oxygens (including phenoxy) is 3. The van der Waals surface area contributed by atoms with Crippen molar-refractivity contribution in [1.82, 2.24) is 9.61 Å². The Balaban J connectivity index is 2.67. The highest BCUT2D eigenvalue weighted by Crippen LogP contribution is 2.30. The van der Waals surface area contributed by atoms with Crippen molar-refractivity contribution in [1.29, 1.82) is 5.26 Å². The molecule has 0 amide bonds. The lowest BCUT2D eigenvalue weighted by Crippen LogP contribution is -2.30. The molecule has 2 heterocycles. The van der Waals surface area contributed by atoms with Gasteiger partial charge in [0, 0.05) is 6.20 Å². The van der Waals surface area contributed by atoms with Gasteiger partial charge in [-0.3, -0.25) is 9.59 Å². The number of nitriles is 1. The van der Waals surface area contributed by atoms with Crippen LogP contribution in [-0.2, 0) is 30.2 Å². The molecule has 29 heavy (non-hydrogen) atoms. The lowest BCUT2D eigenvalue weighted by atomic mass is 9.97. The molecule has 2 rings (SSSR count). The Labute approximate surface area is 172 Å². The van der Waals surface area contributed by atoms with Crippen LogP contribution in [0.25, 0.3) is 5.52 Å². The largest absolute Gasteiger partial charge is 0.465 e. The van der Waals surface area contributed by atoms with Crippen LogP contribution in [0.2, 0.25) is 5.02 Å². The zero-order valence-electron chi connectivity index (χ0n) is 16.2. The summed E-state index contributed by atoms with van der Waals surface area (Å²) in [4.78, 5) is 37.2. The average Bonchev–Trinajstić information content (AvgIpc) is 3.06. The molecule has 0 unspecified atom stereocenters. The SMILES string of the molecule is CCOC(=O)c1cn2ncc(C#N)c(Cl)c2c1CC(C(=O)OCC)C(=O)OCC. The highest BCUT2D eigenvalue weighted by molar-refractivity contribution is 6.35. The first kappa shape index (κ1) is 22.2. The number of esters is 3. The molecule has 0 aliphatic rings. The summed E-state index contributed by atoms with van der Waals surface area (Å²) < 4.78 is 16.4. The van der Waals surface area contributed by atoms with Gasteiger partial charge in [0.05, 0.1) is 47.7 Å². The van der Waals surface area contributed by atoms with Crippen molar-refractivity contribution in [3.8, 4) is 6.07 Å². The standard InChI is InChI=1S/C19H20ClN3O6/c1-4-27-17(24)13(18(25)28-5-2)7-12-14(19(26)29-6-3)10-23-16(12)15(20)11(8-21)9-22-23/h9-10,13H,4-7H2,1-3H3. The van der Waals surface area contributed by atoms with Gasteiger partial charge in [0.15, 0.2) is 5.92 Å². The summed E-state index contributed by atoms with van der Waals surface area (Å²) in [5.41, 5.74) is 0.629. The van der Waals surface area contributed by atoms with Gasteiger partial charge < -0.3 is 14.2 Å². The Kier molecular flexibility index (Phi) is 7.56. The van der Waals surface area contributed by atoms with Gasteiger partial charge in [-0.25, -0.2) is 9.31 Å². The van der Waals surface area contributed by atoms with Gasteiger partial charge in [0.1, 0.15) is 6.07 Å². The van der Waals surface area contributed by atoms with Crippen molar-refractivity contribution < 1.29 is 28.6 Å². The van der Waals surface area contributed by atoms with E-state index in [9.17, 15) is 19.6 Å². The monoisotopic (exact) mass is 421 g/mol. The molecule has 0 saturated heterocycles. The van der Waals surface area contributed by atoms with Gasteiger partial charge in [-0.2, -0.15) is 10.4 Å². The molecule has 0 radical (unpaired) electrons. The Morgan fingerprint density at radius 3 is 2.24 bits per heavy atom. The summed E-state index contributed by atoms with van der Waals surface area (Å²) in [5, 5.41) is 13.4. The first-order valence-electron chi connectivity index (χ1n) is 8.98. The third kappa shape index (κ3) is 4.66. The summed E-state index contributed by atoms with van der Waals surface area (Å²) in [6.07, 6.45) is 2.39. The van der Waals surface area contributed by atoms with Crippen molar-refractivity contribution in [2.75, 3.05) is 19.8 Å². The van der Waals surface area contributed by atoms with Crippen LogP contribution >= 0.6 is 11.6 Å². The first-order chi connectivity index (χ1) is 13.9. The third-order valence-electron chi connectivity index (χ3n) is 4.01. The summed E-state index contributed by atoms with van der Waals surface area (Å²) in [6, 6.07) is 1.91. The fraction of sp³-hybridized carbons (Fsp3) is 0.421. The van der Waals surface area contributed by atoms with Gasteiger partial charge in [-0.05, 0) is 32.8 Å². The maximum atomic E-state index is 12.5. The molecule has 2 aromatic heterocycles. The summed E-state index contributed by atoms with van der Waals surface area (Å²) in [7, 11) is 0. The minimum atomic E-state index is -1.32. The quantitative estimate of drug-likeness (QED) is 0.361. The second-order valence-corrected chi connectivity index (χ2v) is 6.16. The van der Waals surface area contributed by atoms with E-state index in [0.717, 1.165) is 0 Å². The Bertz CT molecular complexity index is 960. The van der Waals surface area contributed by atoms with Gasteiger partial charge in [-0.1, -0.05) is 11.6 Å². The van der Waals surface area contributed by atoms with Gasteiger partial charge in [0.25, 0.3) is 0 Å². The number of carbonyl (C=O) groups is 3. The number of nitrogens with zero attached hydrogens (tertiary/aromatic N) is 3. The van der Waals surface area contributed by atoms with Crippen molar-refractivity contribution >= 4 is 35.0 Å². The molecule has 9 nitrogen and oxygen atoms in total. The fourth-order valence-electron chi connectivity index (χ4n) is 2.78. The second-order valence-electron chi connectivity index (χ2n) is 5.78. The van der Waals surface area contributed by atoms with E-state index in [4.69, 9.17) is 25.8 Å². The van der Waals surface area contributed by atoms with Crippen LogP contribution < -0.4 is 0 Å². The van der Waals surface area contributed by atoms with E-state index in [1.807, 2.05) is 6.07 Å². The predicted molar refractivity (Wildman–Crippen MR) is 101 cm³/mol. The highest BCUT2D eigenvalue weighted by atomic mass is 35.5. The van der Waals surface area contributed by atoms with E-state index < -0.39 is 23.8 Å². The van der Waals surface area contributed by atoms with Gasteiger partial charge in [-0.15, -0.1) is 0 Å². The number of fused-ring (bicyclic) bond motifs is 1. The fourth-order valence-corrected chi connectivity index (χ4v) is 3.07. The number of halogens is 1. The molecule has 0 aliphatic heterocycles. The topological polar surface area (TPSA) is 120 Å². The zero-order chi connectivity index (χ0) is 21.6. The van der Waals surface area contributed by atoms with Crippen LogP contribution in [0.4, 0.5) is 0 Å². The van der Waals surface area contributed by atoms with Crippen LogP contribution in [0.3, 0.4) is 0 Å². The minimum Gasteiger partial charge on any atom is -0.465 e. The molecule has 154 valence electrons. The van der Waals surface area contributed by atoms with E-state index in [2.05, 4.69) is 5.10 Å². The number of hydrogen-bond acceptors (Lipinski definition) is 8. The molecule has 0 aliphatic carbocycles. The predicted octanol–water partition coefficient (Wildman–Crippen LogP) is 2.32. The molecule has 10 heteroatoms. The minimum absolute atomic E-state index is 0.0412. The van der Waals surface area contributed by atoms with Crippen LogP contribution in [-0.4, -0.2) is 47.3 Å². The maximum absolute atomic E-state index is 12.5. The summed E-state index contributed by atoms with van der Waals surface area (Å²) >= 11 is 6.34. The van der Waals surface area contributed by atoms with Crippen molar-refractivity contribution in [2.45, 2.75) is 27.2 Å². The molecular weight excluding hydrogens is 402 g/mol. The number of carbonyl (C=O) groups excluding carboxylic acids is 3. The second kappa shape index (κ2) is 9.89. The Morgan fingerprint density at radius 1 is 1.14 bits per heavy atom. The van der Waals surface area contributed by atoms with Crippen molar-refractivity contribution in [3.05, 3.63) is 34.1 Å². The Morgan fingerprint density at radius 2 is 1.72 bits per heavy atom. The van der Waals surface area contributed by atoms with Crippen LogP contribution in [0.15, 0.2) is 12.4 Å². The number of hydrogen-bond donors (Lipinski definition) is 0. The number of aromatic nitrogens is 2. The third-order valence-corrected chi connectivity index (χ3v) is 4.40. The first-order valence-corrected chi connectivity index (χ1v) is 9.36.